The van der Waals surface area contributed by atoms with Gasteiger partial charge < -0.3 is 9.64 Å². The summed E-state index contributed by atoms with van der Waals surface area (Å²) >= 11 is 0. The number of fused-ring (bicyclic) bond motifs is 2. The number of hydrogen-bond acceptors (Lipinski definition) is 7. The summed E-state index contributed by atoms with van der Waals surface area (Å²) in [5.41, 5.74) is 4.93. The SMILES string of the molecule is COc1ccc(-c2cc(N3CCCn4nc(C#N)cc4C3)c3nncn3n2)cc1. The molecule has 1 aliphatic rings. The Morgan fingerprint density at radius 2 is 1.97 bits per heavy atom. The van der Waals surface area contributed by atoms with Crippen molar-refractivity contribution in [2.75, 3.05) is 18.6 Å². The predicted molar refractivity (Wildman–Crippen MR) is 105 cm³/mol. The smallest absolute Gasteiger partial charge is 0.200 e. The van der Waals surface area contributed by atoms with Gasteiger partial charge in [-0.2, -0.15) is 20.0 Å². The first-order valence-corrected chi connectivity index (χ1v) is 9.32. The van der Waals surface area contributed by atoms with Gasteiger partial charge in [0.05, 0.1) is 30.7 Å². The quantitative estimate of drug-likeness (QED) is 0.533. The second kappa shape index (κ2) is 6.91. The number of anilines is 1. The van der Waals surface area contributed by atoms with E-state index in [0.29, 0.717) is 17.9 Å². The van der Waals surface area contributed by atoms with Gasteiger partial charge in [0.1, 0.15) is 18.1 Å². The number of ether oxygens (including phenoxy) is 1. The van der Waals surface area contributed by atoms with E-state index >= 15 is 0 Å². The van der Waals surface area contributed by atoms with Crippen LogP contribution < -0.4 is 9.64 Å². The summed E-state index contributed by atoms with van der Waals surface area (Å²) in [6.07, 6.45) is 2.53. The largest absolute Gasteiger partial charge is 0.497 e. The maximum Gasteiger partial charge on any atom is 0.200 e. The van der Waals surface area contributed by atoms with Gasteiger partial charge in [-0.3, -0.25) is 4.68 Å². The molecule has 0 saturated carbocycles. The highest BCUT2D eigenvalue weighted by atomic mass is 16.5. The molecule has 0 fully saturated rings. The van der Waals surface area contributed by atoms with E-state index < -0.39 is 0 Å². The Labute approximate surface area is 166 Å². The third kappa shape index (κ3) is 3.04. The number of nitrogens with zero attached hydrogens (tertiary/aromatic N) is 8. The monoisotopic (exact) mass is 386 g/mol. The summed E-state index contributed by atoms with van der Waals surface area (Å²) in [6, 6.07) is 13.8. The van der Waals surface area contributed by atoms with Crippen molar-refractivity contribution in [2.45, 2.75) is 19.5 Å². The van der Waals surface area contributed by atoms with Crippen molar-refractivity contribution < 1.29 is 4.74 Å². The molecule has 9 heteroatoms. The van der Waals surface area contributed by atoms with Gasteiger partial charge in [-0.15, -0.1) is 10.2 Å². The Bertz CT molecular complexity index is 1220. The molecule has 0 radical (unpaired) electrons. The van der Waals surface area contributed by atoms with Crippen LogP contribution in [0.1, 0.15) is 17.8 Å². The minimum absolute atomic E-state index is 0.447. The standard InChI is InChI=1S/C20H18N8O/c1-29-17-5-3-14(4-6-17)18-10-19(20-23-22-13-28(20)25-18)26-7-2-8-27-16(12-26)9-15(11-21)24-27/h3-6,9-10,13H,2,7-8,12H2,1H3. The third-order valence-electron chi connectivity index (χ3n) is 5.10. The lowest BCUT2D eigenvalue weighted by Gasteiger charge is -2.23. The van der Waals surface area contributed by atoms with Gasteiger partial charge in [-0.25, -0.2) is 0 Å². The number of benzene rings is 1. The Kier molecular flexibility index (Phi) is 4.09. The third-order valence-corrected chi connectivity index (χ3v) is 5.10. The Balaban J connectivity index is 1.58. The fraction of sp³-hybridized carbons (Fsp3) is 0.250. The number of aryl methyl sites for hydroxylation is 1. The molecule has 4 aromatic rings. The van der Waals surface area contributed by atoms with E-state index in [1.54, 1.807) is 18.0 Å². The van der Waals surface area contributed by atoms with E-state index in [0.717, 1.165) is 47.9 Å². The number of methoxy groups -OCH3 is 1. The van der Waals surface area contributed by atoms with Crippen molar-refractivity contribution in [1.82, 2.24) is 29.6 Å². The molecule has 0 spiro atoms. The van der Waals surface area contributed by atoms with Crippen molar-refractivity contribution in [3.8, 4) is 23.1 Å². The molecule has 0 unspecified atom stereocenters. The topological polar surface area (TPSA) is 97.2 Å². The van der Waals surface area contributed by atoms with Crippen molar-refractivity contribution in [3.63, 3.8) is 0 Å². The summed E-state index contributed by atoms with van der Waals surface area (Å²) < 4.78 is 8.88. The minimum Gasteiger partial charge on any atom is -0.497 e. The van der Waals surface area contributed by atoms with Crippen molar-refractivity contribution >= 4 is 11.3 Å². The summed E-state index contributed by atoms with van der Waals surface area (Å²) in [7, 11) is 1.65. The Morgan fingerprint density at radius 1 is 1.10 bits per heavy atom. The van der Waals surface area contributed by atoms with Crippen LogP contribution in [0.15, 0.2) is 42.7 Å². The van der Waals surface area contributed by atoms with Crippen LogP contribution in [0.25, 0.3) is 16.9 Å². The average molecular weight is 386 g/mol. The van der Waals surface area contributed by atoms with Gasteiger partial charge in [-0.05, 0) is 42.8 Å². The zero-order valence-corrected chi connectivity index (χ0v) is 15.9. The van der Waals surface area contributed by atoms with Gasteiger partial charge >= 0.3 is 0 Å². The van der Waals surface area contributed by atoms with Gasteiger partial charge in [-0.1, -0.05) is 0 Å². The van der Waals surface area contributed by atoms with Crippen molar-refractivity contribution in [2.24, 2.45) is 0 Å². The first-order valence-electron chi connectivity index (χ1n) is 9.32. The molecule has 0 amide bonds. The maximum absolute atomic E-state index is 9.18. The van der Waals surface area contributed by atoms with E-state index in [9.17, 15) is 5.26 Å². The molecule has 0 saturated heterocycles. The molecule has 5 rings (SSSR count). The molecule has 1 aliphatic heterocycles. The van der Waals surface area contributed by atoms with Crippen molar-refractivity contribution in [1.29, 1.82) is 5.26 Å². The zero-order chi connectivity index (χ0) is 19.8. The molecule has 4 heterocycles. The van der Waals surface area contributed by atoms with Gasteiger partial charge in [0.25, 0.3) is 0 Å². The lowest BCUT2D eigenvalue weighted by molar-refractivity contribution is 0.415. The Hall–Kier alpha value is -3.93. The summed E-state index contributed by atoms with van der Waals surface area (Å²) in [5, 5.41) is 26.5. The highest BCUT2D eigenvalue weighted by Gasteiger charge is 2.21. The lowest BCUT2D eigenvalue weighted by Crippen LogP contribution is -2.23. The molecular weight excluding hydrogens is 368 g/mol. The highest BCUT2D eigenvalue weighted by molar-refractivity contribution is 5.74. The second-order valence-corrected chi connectivity index (χ2v) is 6.87. The zero-order valence-electron chi connectivity index (χ0n) is 15.9. The second-order valence-electron chi connectivity index (χ2n) is 6.87. The van der Waals surface area contributed by atoms with Crippen LogP contribution >= 0.6 is 0 Å². The average Bonchev–Trinajstić information content (AvgIpc) is 3.34. The molecule has 0 bridgehead atoms. The molecule has 0 N–H and O–H groups in total. The predicted octanol–water partition coefficient (Wildman–Crippen LogP) is 2.28. The highest BCUT2D eigenvalue weighted by Crippen LogP contribution is 2.29. The fourth-order valence-corrected chi connectivity index (χ4v) is 3.67. The van der Waals surface area contributed by atoms with Crippen LogP contribution in [0.5, 0.6) is 5.75 Å². The van der Waals surface area contributed by atoms with E-state index in [2.05, 4.69) is 31.4 Å². The molecule has 29 heavy (non-hydrogen) atoms. The molecule has 144 valence electrons. The molecule has 0 atom stereocenters. The van der Waals surface area contributed by atoms with Crippen molar-refractivity contribution in [3.05, 3.63) is 54.1 Å². The van der Waals surface area contributed by atoms with E-state index in [4.69, 9.17) is 4.74 Å². The molecule has 9 nitrogen and oxygen atoms in total. The number of rotatable bonds is 3. The normalized spacial score (nSPS) is 13.7. The maximum atomic E-state index is 9.18. The van der Waals surface area contributed by atoms with Crippen LogP contribution in [0, 0.1) is 11.3 Å². The van der Waals surface area contributed by atoms with Crippen LogP contribution in [-0.2, 0) is 13.1 Å². The van der Waals surface area contributed by atoms with E-state index in [-0.39, 0.29) is 0 Å². The van der Waals surface area contributed by atoms with Gasteiger partial charge in [0.15, 0.2) is 5.69 Å². The first kappa shape index (κ1) is 17.2. The van der Waals surface area contributed by atoms with Crippen LogP contribution in [0.2, 0.25) is 0 Å². The molecule has 0 aliphatic carbocycles. The lowest BCUT2D eigenvalue weighted by atomic mass is 10.1. The summed E-state index contributed by atoms with van der Waals surface area (Å²) in [5.74, 6) is 0.799. The van der Waals surface area contributed by atoms with Crippen LogP contribution in [-0.4, -0.2) is 43.2 Å². The molecular formula is C20H18N8O. The minimum atomic E-state index is 0.447. The summed E-state index contributed by atoms with van der Waals surface area (Å²) in [4.78, 5) is 2.25. The van der Waals surface area contributed by atoms with Crippen LogP contribution in [0.3, 0.4) is 0 Å². The van der Waals surface area contributed by atoms with E-state index in [1.807, 2.05) is 41.1 Å². The molecule has 3 aromatic heterocycles. The van der Waals surface area contributed by atoms with E-state index in [1.165, 1.54) is 0 Å². The number of aromatic nitrogens is 6. The first-order chi connectivity index (χ1) is 14.2. The number of nitriles is 1. The fourth-order valence-electron chi connectivity index (χ4n) is 3.67. The summed E-state index contributed by atoms with van der Waals surface area (Å²) in [6.45, 7) is 2.27. The van der Waals surface area contributed by atoms with Gasteiger partial charge in [0, 0.05) is 18.7 Å². The Morgan fingerprint density at radius 3 is 2.76 bits per heavy atom. The van der Waals surface area contributed by atoms with Gasteiger partial charge in [0.2, 0.25) is 5.65 Å². The molecule has 1 aromatic carbocycles. The number of hydrogen-bond donors (Lipinski definition) is 0. The van der Waals surface area contributed by atoms with Crippen LogP contribution in [0.4, 0.5) is 5.69 Å².